The van der Waals surface area contributed by atoms with Crippen molar-refractivity contribution in [3.63, 3.8) is 0 Å². The molecule has 0 aromatic carbocycles. The Morgan fingerprint density at radius 2 is 2.33 bits per heavy atom. The van der Waals surface area contributed by atoms with Crippen LogP contribution >= 0.6 is 0 Å². The molecule has 0 bridgehead atoms. The smallest absolute Gasteiger partial charge is 0.0481 e. The normalized spacial score (nSPS) is 21.5. The Bertz CT molecular complexity index is 108. The van der Waals surface area contributed by atoms with Crippen molar-refractivity contribution in [3.05, 3.63) is 0 Å². The van der Waals surface area contributed by atoms with Gasteiger partial charge in [0.1, 0.15) is 0 Å². The summed E-state index contributed by atoms with van der Waals surface area (Å²) in [6.45, 7) is 9.46. The molecule has 1 fully saturated rings. The molecular formula is C10H22N2. The number of nitrogens with zero attached hydrogens (tertiary/aromatic N) is 1. The maximum Gasteiger partial charge on any atom is 0.0481 e. The summed E-state index contributed by atoms with van der Waals surface area (Å²) in [5.74, 6) is 0.917. The van der Waals surface area contributed by atoms with Crippen LogP contribution in [0, 0.1) is 5.92 Å². The molecule has 1 atom stereocenters. The summed E-state index contributed by atoms with van der Waals surface area (Å²) in [7, 11) is 0. The molecule has 0 amide bonds. The van der Waals surface area contributed by atoms with E-state index in [-0.39, 0.29) is 0 Å². The summed E-state index contributed by atoms with van der Waals surface area (Å²) >= 11 is 0. The van der Waals surface area contributed by atoms with Gasteiger partial charge in [0.25, 0.3) is 0 Å². The fourth-order valence-corrected chi connectivity index (χ4v) is 1.61. The predicted molar refractivity (Wildman–Crippen MR) is 53.1 cm³/mol. The molecule has 0 aliphatic carbocycles. The molecule has 1 unspecified atom stereocenters. The van der Waals surface area contributed by atoms with Crippen LogP contribution in [-0.2, 0) is 0 Å². The lowest BCUT2D eigenvalue weighted by molar-refractivity contribution is 0.314. The third-order valence-corrected chi connectivity index (χ3v) is 2.81. The number of rotatable bonds is 5. The lowest BCUT2D eigenvalue weighted by Crippen LogP contribution is -2.23. The molecule has 0 spiro atoms. The molecular weight excluding hydrogens is 148 g/mol. The molecule has 2 nitrogen and oxygen atoms in total. The van der Waals surface area contributed by atoms with E-state index in [1.165, 1.54) is 38.9 Å². The van der Waals surface area contributed by atoms with Crippen LogP contribution < -0.4 is 5.32 Å². The summed E-state index contributed by atoms with van der Waals surface area (Å²) < 4.78 is 0. The van der Waals surface area contributed by atoms with Crippen LogP contribution in [0.5, 0.6) is 0 Å². The molecule has 1 aliphatic heterocycles. The van der Waals surface area contributed by atoms with Crippen LogP contribution in [0.4, 0.5) is 0 Å². The van der Waals surface area contributed by atoms with Crippen molar-refractivity contribution in [2.75, 3.05) is 26.3 Å². The Hall–Kier alpha value is -0.0800. The van der Waals surface area contributed by atoms with Crippen LogP contribution in [-0.4, -0.2) is 31.2 Å². The van der Waals surface area contributed by atoms with Gasteiger partial charge in [-0.3, -0.25) is 4.90 Å². The van der Waals surface area contributed by atoms with Gasteiger partial charge in [0, 0.05) is 19.8 Å². The monoisotopic (exact) mass is 170 g/mol. The van der Waals surface area contributed by atoms with Gasteiger partial charge in [-0.05, 0) is 25.3 Å². The third kappa shape index (κ3) is 3.55. The van der Waals surface area contributed by atoms with Crippen LogP contribution in [0.2, 0.25) is 0 Å². The molecule has 0 aromatic heterocycles. The minimum Gasteiger partial charge on any atom is -0.303 e. The van der Waals surface area contributed by atoms with Crippen LogP contribution in [0.15, 0.2) is 0 Å². The summed E-state index contributed by atoms with van der Waals surface area (Å²) in [4.78, 5) is 2.50. The second kappa shape index (κ2) is 5.55. The van der Waals surface area contributed by atoms with Gasteiger partial charge in [0.15, 0.2) is 0 Å². The standard InChI is InChI=1S/C10H22N2/c1-3-10(2)5-4-7-12-8-6-11-9-12/h10-11H,3-9H2,1-2H3. The Labute approximate surface area is 76.3 Å². The first-order chi connectivity index (χ1) is 5.83. The average molecular weight is 170 g/mol. The average Bonchev–Trinajstić information content (AvgIpc) is 2.57. The van der Waals surface area contributed by atoms with E-state index < -0.39 is 0 Å². The maximum atomic E-state index is 3.35. The first-order valence-corrected chi connectivity index (χ1v) is 5.26. The highest BCUT2D eigenvalue weighted by atomic mass is 15.3. The van der Waals surface area contributed by atoms with Gasteiger partial charge < -0.3 is 5.32 Å². The predicted octanol–water partition coefficient (Wildman–Crippen LogP) is 1.68. The van der Waals surface area contributed by atoms with Crippen molar-refractivity contribution in [2.45, 2.75) is 33.1 Å². The molecule has 1 rings (SSSR count). The minimum atomic E-state index is 0.917. The Morgan fingerprint density at radius 1 is 1.50 bits per heavy atom. The summed E-state index contributed by atoms with van der Waals surface area (Å²) in [5.41, 5.74) is 0. The highest BCUT2D eigenvalue weighted by molar-refractivity contribution is 4.65. The quantitative estimate of drug-likeness (QED) is 0.675. The van der Waals surface area contributed by atoms with Crippen molar-refractivity contribution in [1.82, 2.24) is 10.2 Å². The molecule has 12 heavy (non-hydrogen) atoms. The highest BCUT2D eigenvalue weighted by Gasteiger charge is 2.09. The van der Waals surface area contributed by atoms with Gasteiger partial charge in [-0.1, -0.05) is 20.3 Å². The second-order valence-corrected chi connectivity index (χ2v) is 3.93. The van der Waals surface area contributed by atoms with Crippen molar-refractivity contribution in [1.29, 1.82) is 0 Å². The molecule has 1 saturated heterocycles. The van der Waals surface area contributed by atoms with Gasteiger partial charge in [0.05, 0.1) is 0 Å². The Morgan fingerprint density at radius 3 is 2.92 bits per heavy atom. The molecule has 72 valence electrons. The lowest BCUT2D eigenvalue weighted by atomic mass is 10.0. The number of hydrogen-bond acceptors (Lipinski definition) is 2. The molecule has 1 heterocycles. The summed E-state index contributed by atoms with van der Waals surface area (Å²) in [5, 5.41) is 3.35. The Balaban J connectivity index is 1.94. The first kappa shape index (κ1) is 10.0. The van der Waals surface area contributed by atoms with E-state index >= 15 is 0 Å². The van der Waals surface area contributed by atoms with E-state index in [2.05, 4.69) is 24.1 Å². The zero-order chi connectivity index (χ0) is 8.81. The summed E-state index contributed by atoms with van der Waals surface area (Å²) in [6.07, 6.45) is 4.10. The lowest BCUT2D eigenvalue weighted by Gasteiger charge is -2.14. The maximum absolute atomic E-state index is 3.35. The SMILES string of the molecule is CCC(C)CCCN1CCNC1. The van der Waals surface area contributed by atoms with E-state index in [9.17, 15) is 0 Å². The van der Waals surface area contributed by atoms with Crippen LogP contribution in [0.25, 0.3) is 0 Å². The fourth-order valence-electron chi connectivity index (χ4n) is 1.61. The van der Waals surface area contributed by atoms with E-state index in [1.54, 1.807) is 0 Å². The van der Waals surface area contributed by atoms with Crippen LogP contribution in [0.1, 0.15) is 33.1 Å². The van der Waals surface area contributed by atoms with Gasteiger partial charge in [-0.25, -0.2) is 0 Å². The number of nitrogens with one attached hydrogen (secondary N) is 1. The van der Waals surface area contributed by atoms with E-state index in [0.717, 1.165) is 12.6 Å². The summed E-state index contributed by atoms with van der Waals surface area (Å²) in [6, 6.07) is 0. The zero-order valence-electron chi connectivity index (χ0n) is 8.47. The van der Waals surface area contributed by atoms with Crippen LogP contribution in [0.3, 0.4) is 0 Å². The van der Waals surface area contributed by atoms with Gasteiger partial charge in [-0.15, -0.1) is 0 Å². The van der Waals surface area contributed by atoms with Gasteiger partial charge >= 0.3 is 0 Å². The van der Waals surface area contributed by atoms with Crippen molar-refractivity contribution >= 4 is 0 Å². The molecule has 0 saturated carbocycles. The molecule has 0 radical (unpaired) electrons. The molecule has 1 aliphatic rings. The van der Waals surface area contributed by atoms with Crippen molar-refractivity contribution in [3.8, 4) is 0 Å². The highest BCUT2D eigenvalue weighted by Crippen LogP contribution is 2.09. The van der Waals surface area contributed by atoms with Crippen molar-refractivity contribution in [2.24, 2.45) is 5.92 Å². The van der Waals surface area contributed by atoms with Gasteiger partial charge in [0.2, 0.25) is 0 Å². The molecule has 2 heteroatoms. The largest absolute Gasteiger partial charge is 0.303 e. The van der Waals surface area contributed by atoms with E-state index in [0.29, 0.717) is 0 Å². The third-order valence-electron chi connectivity index (χ3n) is 2.81. The zero-order valence-corrected chi connectivity index (χ0v) is 8.47. The minimum absolute atomic E-state index is 0.917. The van der Waals surface area contributed by atoms with E-state index in [1.807, 2.05) is 0 Å². The topological polar surface area (TPSA) is 15.3 Å². The van der Waals surface area contributed by atoms with Gasteiger partial charge in [-0.2, -0.15) is 0 Å². The van der Waals surface area contributed by atoms with E-state index in [4.69, 9.17) is 0 Å². The fraction of sp³-hybridized carbons (Fsp3) is 1.00. The number of hydrogen-bond donors (Lipinski definition) is 1. The second-order valence-electron chi connectivity index (χ2n) is 3.93. The first-order valence-electron chi connectivity index (χ1n) is 5.26. The van der Waals surface area contributed by atoms with Crippen molar-refractivity contribution < 1.29 is 0 Å². The molecule has 0 aromatic rings. The molecule has 1 N–H and O–H groups in total. The Kier molecular flexibility index (Phi) is 4.62.